The Labute approximate surface area is 125 Å². The number of rotatable bonds is 3. The van der Waals surface area contributed by atoms with Gasteiger partial charge in [0.15, 0.2) is 0 Å². The molecule has 0 spiro atoms. The Balaban J connectivity index is 1.88. The van der Waals surface area contributed by atoms with Crippen LogP contribution >= 0.6 is 15.9 Å². The van der Waals surface area contributed by atoms with Crippen molar-refractivity contribution in [2.45, 2.75) is 12.8 Å². The second kappa shape index (κ2) is 5.97. The maximum atomic E-state index is 13.9. The van der Waals surface area contributed by atoms with Gasteiger partial charge in [0.1, 0.15) is 11.6 Å². The molecule has 3 rings (SSSR count). The number of nitrogens with zero attached hydrogens (tertiary/aromatic N) is 2. The van der Waals surface area contributed by atoms with Crippen LogP contribution in [0.5, 0.6) is 0 Å². The van der Waals surface area contributed by atoms with Gasteiger partial charge in [-0.25, -0.2) is 14.4 Å². The van der Waals surface area contributed by atoms with Gasteiger partial charge in [0.05, 0.1) is 5.69 Å². The minimum absolute atomic E-state index is 0.264. The Bertz CT molecular complexity index is 612. The predicted molar refractivity (Wildman–Crippen MR) is 79.8 cm³/mol. The van der Waals surface area contributed by atoms with Gasteiger partial charge < -0.3 is 5.32 Å². The smallest absolute Gasteiger partial charge is 0.132 e. The molecule has 0 radical (unpaired) electrons. The van der Waals surface area contributed by atoms with E-state index >= 15 is 0 Å². The Morgan fingerprint density at radius 2 is 2.25 bits per heavy atom. The summed E-state index contributed by atoms with van der Waals surface area (Å²) >= 11 is 3.36. The van der Waals surface area contributed by atoms with E-state index in [0.717, 1.165) is 36.2 Å². The van der Waals surface area contributed by atoms with Crippen LogP contribution in [-0.4, -0.2) is 23.1 Å². The third kappa shape index (κ3) is 3.04. The number of aromatic nitrogens is 2. The lowest BCUT2D eigenvalue weighted by atomic mass is 10.0. The summed E-state index contributed by atoms with van der Waals surface area (Å²) in [5.41, 5.74) is 1.15. The third-order valence-electron chi connectivity index (χ3n) is 3.54. The van der Waals surface area contributed by atoms with Crippen LogP contribution in [0.4, 0.5) is 4.39 Å². The quantitative estimate of drug-likeness (QED) is 0.935. The van der Waals surface area contributed by atoms with Crippen molar-refractivity contribution in [3.63, 3.8) is 0 Å². The van der Waals surface area contributed by atoms with E-state index in [1.165, 1.54) is 6.07 Å². The summed E-state index contributed by atoms with van der Waals surface area (Å²) in [6.45, 7) is 2.07. The van der Waals surface area contributed by atoms with Crippen molar-refractivity contribution >= 4 is 15.9 Å². The predicted octanol–water partition coefficient (Wildman–Crippen LogP) is 3.20. The first-order valence-electron chi connectivity index (χ1n) is 6.70. The van der Waals surface area contributed by atoms with Crippen molar-refractivity contribution in [2.75, 3.05) is 13.1 Å². The molecule has 1 atom stereocenters. The fourth-order valence-corrected chi connectivity index (χ4v) is 2.85. The molecule has 1 aliphatic rings. The largest absolute Gasteiger partial charge is 0.316 e. The van der Waals surface area contributed by atoms with E-state index in [1.807, 2.05) is 0 Å². The maximum absolute atomic E-state index is 13.9. The first kappa shape index (κ1) is 13.6. The van der Waals surface area contributed by atoms with Gasteiger partial charge in [0.25, 0.3) is 0 Å². The van der Waals surface area contributed by atoms with E-state index in [-0.39, 0.29) is 5.82 Å². The summed E-state index contributed by atoms with van der Waals surface area (Å²) in [4.78, 5) is 8.82. The van der Waals surface area contributed by atoms with Crippen molar-refractivity contribution in [1.29, 1.82) is 0 Å². The normalized spacial score (nSPS) is 18.4. The molecule has 1 saturated heterocycles. The highest BCUT2D eigenvalue weighted by Crippen LogP contribution is 2.25. The number of nitrogens with one attached hydrogen (secondary N) is 1. The average Bonchev–Trinajstić information content (AvgIpc) is 2.95. The zero-order valence-corrected chi connectivity index (χ0v) is 12.5. The molecule has 5 heteroatoms. The summed E-state index contributed by atoms with van der Waals surface area (Å²) in [5, 5.41) is 3.33. The molecular formula is C15H15BrFN3. The van der Waals surface area contributed by atoms with E-state index in [4.69, 9.17) is 0 Å². The Hall–Kier alpha value is -1.33. The van der Waals surface area contributed by atoms with E-state index in [2.05, 4.69) is 31.2 Å². The molecule has 1 aromatic carbocycles. The second-order valence-electron chi connectivity index (χ2n) is 5.05. The number of hydrogen-bond acceptors (Lipinski definition) is 3. The first-order valence-corrected chi connectivity index (χ1v) is 7.50. The van der Waals surface area contributed by atoms with Gasteiger partial charge in [0, 0.05) is 22.7 Å². The van der Waals surface area contributed by atoms with Crippen LogP contribution in [0.1, 0.15) is 12.2 Å². The molecule has 20 heavy (non-hydrogen) atoms. The van der Waals surface area contributed by atoms with E-state index in [9.17, 15) is 4.39 Å². The second-order valence-corrected chi connectivity index (χ2v) is 5.96. The van der Waals surface area contributed by atoms with Crippen LogP contribution < -0.4 is 5.32 Å². The summed E-state index contributed by atoms with van der Waals surface area (Å²) in [6, 6.07) is 6.63. The highest BCUT2D eigenvalue weighted by Gasteiger charge is 2.17. The molecule has 1 N–H and O–H groups in total. The SMILES string of the molecule is Fc1ccc(Br)cc1-c1ccnc(CC2CCNC2)n1. The molecule has 1 unspecified atom stereocenters. The lowest BCUT2D eigenvalue weighted by Gasteiger charge is -2.09. The Morgan fingerprint density at radius 3 is 3.05 bits per heavy atom. The third-order valence-corrected chi connectivity index (χ3v) is 4.04. The first-order chi connectivity index (χ1) is 9.72. The lowest BCUT2D eigenvalue weighted by Crippen LogP contribution is -2.12. The van der Waals surface area contributed by atoms with Gasteiger partial charge in [-0.05, 0) is 49.7 Å². The summed E-state index contributed by atoms with van der Waals surface area (Å²) in [5.74, 6) is 1.11. The van der Waals surface area contributed by atoms with Crippen LogP contribution in [-0.2, 0) is 6.42 Å². The highest BCUT2D eigenvalue weighted by atomic mass is 79.9. The lowest BCUT2D eigenvalue weighted by molar-refractivity contribution is 0.561. The Morgan fingerprint density at radius 1 is 1.35 bits per heavy atom. The van der Waals surface area contributed by atoms with Gasteiger partial charge >= 0.3 is 0 Å². The van der Waals surface area contributed by atoms with Crippen molar-refractivity contribution in [1.82, 2.24) is 15.3 Å². The fourth-order valence-electron chi connectivity index (χ4n) is 2.49. The van der Waals surface area contributed by atoms with Crippen LogP contribution in [0.3, 0.4) is 0 Å². The summed E-state index contributed by atoms with van der Waals surface area (Å²) in [7, 11) is 0. The molecule has 104 valence electrons. The van der Waals surface area contributed by atoms with Crippen LogP contribution in [0.15, 0.2) is 34.9 Å². The maximum Gasteiger partial charge on any atom is 0.132 e. The summed E-state index contributed by atoms with van der Waals surface area (Å²) < 4.78 is 14.7. The molecule has 1 aromatic heterocycles. The summed E-state index contributed by atoms with van der Waals surface area (Å²) in [6.07, 6.45) is 3.70. The number of hydrogen-bond donors (Lipinski definition) is 1. The average molecular weight is 336 g/mol. The van der Waals surface area contributed by atoms with Gasteiger partial charge in [-0.2, -0.15) is 0 Å². The molecule has 1 fully saturated rings. The molecule has 0 bridgehead atoms. The molecule has 0 aliphatic carbocycles. The minimum Gasteiger partial charge on any atom is -0.316 e. The van der Waals surface area contributed by atoms with Gasteiger partial charge in [-0.15, -0.1) is 0 Å². The fraction of sp³-hybridized carbons (Fsp3) is 0.333. The van der Waals surface area contributed by atoms with E-state index in [0.29, 0.717) is 17.2 Å². The molecule has 1 aliphatic heterocycles. The van der Waals surface area contributed by atoms with Gasteiger partial charge in [0.2, 0.25) is 0 Å². The monoisotopic (exact) mass is 335 g/mol. The van der Waals surface area contributed by atoms with Crippen LogP contribution in [0, 0.1) is 11.7 Å². The number of halogens is 2. The molecule has 2 aromatic rings. The van der Waals surface area contributed by atoms with Gasteiger partial charge in [-0.1, -0.05) is 15.9 Å². The Kier molecular flexibility index (Phi) is 4.08. The highest BCUT2D eigenvalue weighted by molar-refractivity contribution is 9.10. The van der Waals surface area contributed by atoms with Crippen molar-refractivity contribution in [3.05, 3.63) is 46.6 Å². The molecule has 2 heterocycles. The van der Waals surface area contributed by atoms with Crippen molar-refractivity contribution < 1.29 is 4.39 Å². The van der Waals surface area contributed by atoms with Crippen molar-refractivity contribution in [3.8, 4) is 11.3 Å². The molecule has 0 amide bonds. The molecule has 3 nitrogen and oxygen atoms in total. The van der Waals surface area contributed by atoms with E-state index < -0.39 is 0 Å². The zero-order chi connectivity index (χ0) is 13.9. The van der Waals surface area contributed by atoms with Crippen molar-refractivity contribution in [2.24, 2.45) is 5.92 Å². The van der Waals surface area contributed by atoms with E-state index in [1.54, 1.807) is 24.4 Å². The molecular weight excluding hydrogens is 321 g/mol. The van der Waals surface area contributed by atoms with Crippen LogP contribution in [0.25, 0.3) is 11.3 Å². The van der Waals surface area contributed by atoms with Crippen LogP contribution in [0.2, 0.25) is 0 Å². The topological polar surface area (TPSA) is 37.8 Å². The standard InChI is InChI=1S/C15H15BrFN3/c16-11-1-2-13(17)12(8-11)14-4-6-19-15(20-14)7-10-3-5-18-9-10/h1-2,4,6,8,10,18H,3,5,7,9H2. The molecule has 0 saturated carbocycles. The number of benzene rings is 1. The van der Waals surface area contributed by atoms with Gasteiger partial charge in [-0.3, -0.25) is 0 Å². The zero-order valence-electron chi connectivity index (χ0n) is 10.9. The minimum atomic E-state index is -0.264.